The van der Waals surface area contributed by atoms with Gasteiger partial charge in [0.05, 0.1) is 19.4 Å². The van der Waals surface area contributed by atoms with E-state index in [4.69, 9.17) is 4.74 Å². The summed E-state index contributed by atoms with van der Waals surface area (Å²) in [6, 6.07) is 10.5. The zero-order chi connectivity index (χ0) is 25.0. The van der Waals surface area contributed by atoms with Gasteiger partial charge in [-0.15, -0.1) is 0 Å². The lowest BCUT2D eigenvalue weighted by Crippen LogP contribution is -2.43. The highest BCUT2D eigenvalue weighted by molar-refractivity contribution is 7.89. The topological polar surface area (TPSA) is 96.0 Å². The van der Waals surface area contributed by atoms with Crippen LogP contribution in [0.25, 0.3) is 0 Å². The Morgan fingerprint density at radius 3 is 2.46 bits per heavy atom. The lowest BCUT2D eigenvalue weighted by molar-refractivity contribution is -0.129. The molecule has 0 unspecified atom stereocenters. The number of ether oxygens (including phenoxy) is 1. The molecule has 1 atom stereocenters. The fraction of sp³-hybridized carbons (Fsp3) is 0.440. The zero-order valence-corrected chi connectivity index (χ0v) is 20.5. The quantitative estimate of drug-likeness (QED) is 0.627. The molecule has 4 rings (SSSR count). The Hall–Kier alpha value is -2.98. The average Bonchev–Trinajstić information content (AvgIpc) is 3.40. The van der Waals surface area contributed by atoms with Crippen LogP contribution in [0.4, 0.5) is 10.1 Å². The number of carbonyl (C=O) groups excluding carboxylic acids is 2. The first kappa shape index (κ1) is 25.1. The van der Waals surface area contributed by atoms with E-state index < -0.39 is 21.8 Å². The molecule has 2 aliphatic heterocycles. The number of halogens is 1. The van der Waals surface area contributed by atoms with Crippen LogP contribution in [-0.2, 0) is 26.0 Å². The molecule has 8 nitrogen and oxygen atoms in total. The van der Waals surface area contributed by atoms with Gasteiger partial charge in [0.25, 0.3) is 0 Å². The van der Waals surface area contributed by atoms with Gasteiger partial charge in [0.15, 0.2) is 0 Å². The average molecular weight is 504 g/mol. The van der Waals surface area contributed by atoms with Gasteiger partial charge in [0.1, 0.15) is 16.5 Å². The smallest absolute Gasteiger partial charge is 0.246 e. The van der Waals surface area contributed by atoms with Crippen LogP contribution >= 0.6 is 0 Å². The molecule has 2 aromatic carbocycles. The number of amides is 2. The van der Waals surface area contributed by atoms with Crippen LogP contribution in [0.5, 0.6) is 5.75 Å². The van der Waals surface area contributed by atoms with Crippen molar-refractivity contribution in [1.82, 2.24) is 9.21 Å². The summed E-state index contributed by atoms with van der Waals surface area (Å²) in [5.74, 6) is -1.34. The van der Waals surface area contributed by atoms with Gasteiger partial charge in [-0.25, -0.2) is 12.8 Å². The van der Waals surface area contributed by atoms with Gasteiger partial charge >= 0.3 is 0 Å². The Bertz CT molecular complexity index is 1180. The molecule has 10 heteroatoms. The number of hydrogen-bond donors (Lipinski definition) is 1. The summed E-state index contributed by atoms with van der Waals surface area (Å²) in [6.45, 7) is 1.86. The lowest BCUT2D eigenvalue weighted by atomic mass is 9.98. The van der Waals surface area contributed by atoms with E-state index in [1.165, 1.54) is 17.5 Å². The van der Waals surface area contributed by atoms with E-state index >= 15 is 0 Å². The third-order valence-electron chi connectivity index (χ3n) is 6.53. The third-order valence-corrected chi connectivity index (χ3v) is 8.42. The van der Waals surface area contributed by atoms with E-state index in [-0.39, 0.29) is 35.5 Å². The minimum atomic E-state index is -4.04. The molecule has 2 aliphatic rings. The Balaban J connectivity index is 1.38. The summed E-state index contributed by atoms with van der Waals surface area (Å²) in [4.78, 5) is 26.9. The van der Waals surface area contributed by atoms with E-state index in [9.17, 15) is 22.4 Å². The normalized spacial score (nSPS) is 18.9. The van der Waals surface area contributed by atoms with Crippen LogP contribution in [0, 0.1) is 11.7 Å². The second-order valence-electron chi connectivity index (χ2n) is 8.95. The van der Waals surface area contributed by atoms with E-state index in [0.717, 1.165) is 43.6 Å². The van der Waals surface area contributed by atoms with Crippen LogP contribution in [0.1, 0.15) is 31.2 Å². The Labute approximate surface area is 205 Å². The minimum absolute atomic E-state index is 0.00372. The molecule has 2 aromatic rings. The predicted octanol–water partition coefficient (Wildman–Crippen LogP) is 3.04. The molecule has 0 spiro atoms. The number of sulfonamides is 1. The number of hydrogen-bond acceptors (Lipinski definition) is 5. The van der Waals surface area contributed by atoms with Gasteiger partial charge in [0, 0.05) is 31.9 Å². The standard InChI is InChI=1S/C25H30FN3O5S/c1-34-22-11-8-20(26)16-23(22)35(32,33)29-14-4-5-19(17-29)25(31)27-21-9-6-18(7-10-21)15-24(30)28-12-2-3-13-28/h6-11,16,19H,2-5,12-15,17H2,1H3,(H,27,31)/t19-/m1/s1. The van der Waals surface area contributed by atoms with E-state index in [2.05, 4.69) is 5.32 Å². The number of nitrogens with one attached hydrogen (secondary N) is 1. The minimum Gasteiger partial charge on any atom is -0.495 e. The van der Waals surface area contributed by atoms with Crippen molar-refractivity contribution in [2.75, 3.05) is 38.6 Å². The Morgan fingerprint density at radius 2 is 1.77 bits per heavy atom. The second-order valence-corrected chi connectivity index (χ2v) is 10.9. The number of likely N-dealkylation sites (tertiary alicyclic amines) is 1. The number of nitrogens with zero attached hydrogens (tertiary/aromatic N) is 2. The molecule has 0 aliphatic carbocycles. The van der Waals surface area contributed by atoms with Crippen LogP contribution < -0.4 is 10.1 Å². The van der Waals surface area contributed by atoms with Gasteiger partial charge in [-0.2, -0.15) is 4.31 Å². The molecular weight excluding hydrogens is 473 g/mol. The van der Waals surface area contributed by atoms with Crippen molar-refractivity contribution in [3.63, 3.8) is 0 Å². The first-order valence-electron chi connectivity index (χ1n) is 11.8. The second kappa shape index (κ2) is 10.7. The molecule has 2 amide bonds. The van der Waals surface area contributed by atoms with Gasteiger partial charge in [0.2, 0.25) is 21.8 Å². The first-order chi connectivity index (χ1) is 16.8. The Morgan fingerprint density at radius 1 is 1.06 bits per heavy atom. The van der Waals surface area contributed by atoms with Crippen LogP contribution in [0.3, 0.4) is 0 Å². The van der Waals surface area contributed by atoms with E-state index in [1.807, 2.05) is 17.0 Å². The van der Waals surface area contributed by atoms with Crippen molar-refractivity contribution >= 4 is 27.5 Å². The summed E-state index contributed by atoms with van der Waals surface area (Å²) in [7, 11) is -2.71. The van der Waals surface area contributed by atoms with Gasteiger partial charge in [-0.3, -0.25) is 9.59 Å². The maximum absolute atomic E-state index is 13.8. The summed E-state index contributed by atoms with van der Waals surface area (Å²) in [6.07, 6.45) is 3.47. The maximum atomic E-state index is 13.8. The van der Waals surface area contributed by atoms with Gasteiger partial charge < -0.3 is 15.0 Å². The molecule has 2 fully saturated rings. The van der Waals surface area contributed by atoms with Crippen molar-refractivity contribution in [2.45, 2.75) is 37.0 Å². The number of carbonyl (C=O) groups is 2. The molecular formula is C25H30FN3O5S. The molecule has 1 N–H and O–H groups in total. The zero-order valence-electron chi connectivity index (χ0n) is 19.7. The van der Waals surface area contributed by atoms with Crippen molar-refractivity contribution in [3.05, 3.63) is 53.8 Å². The molecule has 0 saturated carbocycles. The highest BCUT2D eigenvalue weighted by atomic mass is 32.2. The number of benzene rings is 2. The molecule has 2 saturated heterocycles. The van der Waals surface area contributed by atoms with Crippen LogP contribution in [0.15, 0.2) is 47.4 Å². The third kappa shape index (κ3) is 5.82. The fourth-order valence-corrected chi connectivity index (χ4v) is 6.26. The molecule has 35 heavy (non-hydrogen) atoms. The van der Waals surface area contributed by atoms with Gasteiger partial charge in [-0.1, -0.05) is 12.1 Å². The maximum Gasteiger partial charge on any atom is 0.246 e. The molecule has 2 heterocycles. The molecule has 0 bridgehead atoms. The molecule has 188 valence electrons. The summed E-state index contributed by atoms with van der Waals surface area (Å²) < 4.78 is 46.5. The predicted molar refractivity (Wildman–Crippen MR) is 129 cm³/mol. The van der Waals surface area contributed by atoms with Crippen LogP contribution in [-0.4, -0.2) is 62.7 Å². The molecule has 0 radical (unpaired) electrons. The van der Waals surface area contributed by atoms with Crippen molar-refractivity contribution in [3.8, 4) is 5.75 Å². The first-order valence-corrected chi connectivity index (χ1v) is 13.2. The summed E-state index contributed by atoms with van der Waals surface area (Å²) >= 11 is 0. The number of piperidine rings is 1. The Kier molecular flexibility index (Phi) is 7.71. The highest BCUT2D eigenvalue weighted by Gasteiger charge is 2.35. The van der Waals surface area contributed by atoms with Crippen molar-refractivity contribution in [1.29, 1.82) is 0 Å². The van der Waals surface area contributed by atoms with E-state index in [1.54, 1.807) is 12.1 Å². The summed E-state index contributed by atoms with van der Waals surface area (Å²) in [5, 5.41) is 2.85. The highest BCUT2D eigenvalue weighted by Crippen LogP contribution is 2.30. The lowest BCUT2D eigenvalue weighted by Gasteiger charge is -2.31. The van der Waals surface area contributed by atoms with E-state index in [0.29, 0.717) is 24.9 Å². The SMILES string of the molecule is COc1ccc(F)cc1S(=O)(=O)N1CCC[C@@H](C(=O)Nc2ccc(CC(=O)N3CCCC3)cc2)C1. The van der Waals surface area contributed by atoms with Crippen molar-refractivity contribution < 1.29 is 27.1 Å². The monoisotopic (exact) mass is 503 g/mol. The molecule has 0 aromatic heterocycles. The summed E-state index contributed by atoms with van der Waals surface area (Å²) in [5.41, 5.74) is 1.46. The number of rotatable bonds is 7. The fourth-order valence-electron chi connectivity index (χ4n) is 4.57. The number of methoxy groups -OCH3 is 1. The van der Waals surface area contributed by atoms with Crippen LogP contribution in [0.2, 0.25) is 0 Å². The largest absolute Gasteiger partial charge is 0.495 e. The van der Waals surface area contributed by atoms with Gasteiger partial charge in [-0.05, 0) is 61.6 Å². The number of anilines is 1. The van der Waals surface area contributed by atoms with Crippen molar-refractivity contribution in [2.24, 2.45) is 5.92 Å².